The highest BCUT2D eigenvalue weighted by Crippen LogP contribution is 2.47. The van der Waals surface area contributed by atoms with Crippen LogP contribution < -0.4 is 19.7 Å². The first-order valence-corrected chi connectivity index (χ1v) is 11.7. The highest BCUT2D eigenvalue weighted by Gasteiger charge is 2.37. The number of nitro benzene ring substituents is 1. The minimum Gasteiger partial charge on any atom is -0.497 e. The summed E-state index contributed by atoms with van der Waals surface area (Å²) in [4.78, 5) is 38.4. The highest BCUT2D eigenvalue weighted by atomic mass is 32.2. The van der Waals surface area contributed by atoms with E-state index in [0.717, 1.165) is 5.56 Å². The largest absolute Gasteiger partial charge is 0.497 e. The van der Waals surface area contributed by atoms with Crippen molar-refractivity contribution in [1.29, 1.82) is 0 Å². The van der Waals surface area contributed by atoms with Crippen LogP contribution >= 0.6 is 11.8 Å². The number of anilines is 2. The lowest BCUT2D eigenvalue weighted by Crippen LogP contribution is -2.29. The molecule has 180 valence electrons. The molecule has 9 nitrogen and oxygen atoms in total. The van der Waals surface area contributed by atoms with Gasteiger partial charge in [-0.25, -0.2) is 0 Å². The maximum Gasteiger partial charge on any atom is 0.273 e. The Morgan fingerprint density at radius 2 is 1.89 bits per heavy atom. The summed E-state index contributed by atoms with van der Waals surface area (Å²) >= 11 is 1.43. The summed E-state index contributed by atoms with van der Waals surface area (Å²) in [5.74, 6) is 0.758. The molecule has 0 aliphatic carbocycles. The molecule has 35 heavy (non-hydrogen) atoms. The molecule has 3 aromatic rings. The number of ether oxygens (including phenoxy) is 2. The molecule has 0 radical (unpaired) electrons. The first kappa shape index (κ1) is 24.1. The van der Waals surface area contributed by atoms with Crippen LogP contribution in [0.5, 0.6) is 11.5 Å². The SMILES string of the molecule is COc1ccc(N2C(=O)CSC2c2ccccc2NC(=O)c2ccc(C)c([N+](=O)[O-])c2)c(OC)c1. The number of rotatable bonds is 7. The average Bonchev–Trinajstić information content (AvgIpc) is 3.24. The Labute approximate surface area is 206 Å². The van der Waals surface area contributed by atoms with Crippen LogP contribution in [0, 0.1) is 17.0 Å². The number of carbonyl (C=O) groups excluding carboxylic acids is 2. The molecule has 1 aliphatic heterocycles. The lowest BCUT2D eigenvalue weighted by atomic mass is 10.1. The van der Waals surface area contributed by atoms with Crippen LogP contribution in [0.3, 0.4) is 0 Å². The van der Waals surface area contributed by atoms with Gasteiger partial charge in [0.1, 0.15) is 16.9 Å². The van der Waals surface area contributed by atoms with Gasteiger partial charge in [0, 0.05) is 34.5 Å². The fourth-order valence-corrected chi connectivity index (χ4v) is 5.07. The van der Waals surface area contributed by atoms with Crippen LogP contribution in [0.4, 0.5) is 17.1 Å². The molecule has 1 N–H and O–H groups in total. The maximum atomic E-state index is 13.0. The molecule has 2 amide bonds. The second kappa shape index (κ2) is 10.1. The van der Waals surface area contributed by atoms with Gasteiger partial charge in [0.05, 0.1) is 30.6 Å². The lowest BCUT2D eigenvalue weighted by Gasteiger charge is -2.27. The Bertz CT molecular complexity index is 1310. The van der Waals surface area contributed by atoms with E-state index in [1.54, 1.807) is 61.4 Å². The Morgan fingerprint density at radius 3 is 2.60 bits per heavy atom. The normalized spacial score (nSPS) is 15.1. The number of nitrogens with one attached hydrogen (secondary N) is 1. The molecule has 1 heterocycles. The minimum atomic E-state index is -0.513. The lowest BCUT2D eigenvalue weighted by molar-refractivity contribution is -0.385. The molecule has 1 fully saturated rings. The molecule has 1 unspecified atom stereocenters. The smallest absolute Gasteiger partial charge is 0.273 e. The second-order valence-electron chi connectivity index (χ2n) is 7.76. The molecule has 1 aliphatic rings. The van der Waals surface area contributed by atoms with Crippen molar-refractivity contribution in [3.8, 4) is 11.5 Å². The van der Waals surface area contributed by atoms with Crippen molar-refractivity contribution in [2.75, 3.05) is 30.2 Å². The number of hydrogen-bond acceptors (Lipinski definition) is 7. The van der Waals surface area contributed by atoms with Gasteiger partial charge in [-0.1, -0.05) is 24.3 Å². The summed E-state index contributed by atoms with van der Waals surface area (Å²) < 4.78 is 10.8. The summed E-state index contributed by atoms with van der Waals surface area (Å²) in [7, 11) is 3.08. The van der Waals surface area contributed by atoms with Crippen LogP contribution in [0.25, 0.3) is 0 Å². The Morgan fingerprint density at radius 1 is 1.11 bits per heavy atom. The predicted molar refractivity (Wildman–Crippen MR) is 134 cm³/mol. The Kier molecular flexibility index (Phi) is 6.92. The van der Waals surface area contributed by atoms with Crippen molar-refractivity contribution < 1.29 is 24.0 Å². The third kappa shape index (κ3) is 4.78. The molecular formula is C25H23N3O6S. The zero-order valence-electron chi connectivity index (χ0n) is 19.3. The highest BCUT2D eigenvalue weighted by molar-refractivity contribution is 8.00. The van der Waals surface area contributed by atoms with E-state index in [2.05, 4.69) is 5.32 Å². The summed E-state index contributed by atoms with van der Waals surface area (Å²) in [6, 6.07) is 16.8. The van der Waals surface area contributed by atoms with Crippen LogP contribution in [0.2, 0.25) is 0 Å². The van der Waals surface area contributed by atoms with Gasteiger partial charge in [0.2, 0.25) is 5.91 Å². The number of thioether (sulfide) groups is 1. The molecule has 0 bridgehead atoms. The fraction of sp³-hybridized carbons (Fsp3) is 0.200. The third-order valence-electron chi connectivity index (χ3n) is 5.66. The molecule has 0 aromatic heterocycles. The molecule has 0 spiro atoms. The number of nitro groups is 1. The molecule has 3 aromatic carbocycles. The van der Waals surface area contributed by atoms with Crippen LogP contribution in [0.1, 0.15) is 26.9 Å². The average molecular weight is 494 g/mol. The molecule has 10 heteroatoms. The number of benzene rings is 3. The van der Waals surface area contributed by atoms with E-state index in [9.17, 15) is 19.7 Å². The maximum absolute atomic E-state index is 13.0. The number of amides is 2. The molecule has 1 saturated heterocycles. The predicted octanol–water partition coefficient (Wildman–Crippen LogP) is 4.95. The summed E-state index contributed by atoms with van der Waals surface area (Å²) in [5, 5.41) is 13.7. The minimum absolute atomic E-state index is 0.0984. The quantitative estimate of drug-likeness (QED) is 0.366. The summed E-state index contributed by atoms with van der Waals surface area (Å²) in [5.41, 5.74) is 2.32. The van der Waals surface area contributed by atoms with E-state index in [0.29, 0.717) is 28.4 Å². The van der Waals surface area contributed by atoms with Crippen molar-refractivity contribution in [1.82, 2.24) is 0 Å². The topological polar surface area (TPSA) is 111 Å². The van der Waals surface area contributed by atoms with E-state index in [4.69, 9.17) is 9.47 Å². The number of nitrogens with zero attached hydrogens (tertiary/aromatic N) is 2. The van der Waals surface area contributed by atoms with Crippen molar-refractivity contribution in [3.63, 3.8) is 0 Å². The van der Waals surface area contributed by atoms with Gasteiger partial charge in [0.15, 0.2) is 0 Å². The number of hydrogen-bond donors (Lipinski definition) is 1. The van der Waals surface area contributed by atoms with Gasteiger partial charge in [-0.2, -0.15) is 0 Å². The summed E-state index contributed by atoms with van der Waals surface area (Å²) in [6.45, 7) is 1.62. The molecule has 1 atom stereocenters. The third-order valence-corrected chi connectivity index (χ3v) is 6.85. The van der Waals surface area contributed by atoms with Gasteiger partial charge < -0.3 is 14.8 Å². The van der Waals surface area contributed by atoms with E-state index in [1.165, 1.54) is 24.9 Å². The number of carbonyl (C=O) groups is 2. The van der Waals surface area contributed by atoms with E-state index >= 15 is 0 Å². The summed E-state index contributed by atoms with van der Waals surface area (Å²) in [6.07, 6.45) is 0. The zero-order chi connectivity index (χ0) is 25.1. The Balaban J connectivity index is 1.68. The van der Waals surface area contributed by atoms with Gasteiger partial charge in [0.25, 0.3) is 11.6 Å². The van der Waals surface area contributed by atoms with Crippen LogP contribution in [-0.4, -0.2) is 36.7 Å². The van der Waals surface area contributed by atoms with Gasteiger partial charge in [-0.05, 0) is 31.2 Å². The van der Waals surface area contributed by atoms with Crippen LogP contribution in [0.15, 0.2) is 60.7 Å². The number of methoxy groups -OCH3 is 2. The zero-order valence-corrected chi connectivity index (χ0v) is 20.1. The number of para-hydroxylation sites is 1. The molecule has 0 saturated carbocycles. The van der Waals surface area contributed by atoms with Crippen molar-refractivity contribution in [2.24, 2.45) is 0 Å². The fourth-order valence-electron chi connectivity index (χ4n) is 3.87. The van der Waals surface area contributed by atoms with Gasteiger partial charge in [-0.15, -0.1) is 11.8 Å². The number of aryl methyl sites for hydroxylation is 1. The van der Waals surface area contributed by atoms with Crippen LogP contribution in [-0.2, 0) is 4.79 Å². The first-order chi connectivity index (χ1) is 16.8. The Hall–Kier alpha value is -4.05. The van der Waals surface area contributed by atoms with Crippen molar-refractivity contribution in [3.05, 3.63) is 87.5 Å². The van der Waals surface area contributed by atoms with Gasteiger partial charge >= 0.3 is 0 Å². The van der Waals surface area contributed by atoms with E-state index < -0.39 is 16.2 Å². The van der Waals surface area contributed by atoms with E-state index in [-0.39, 0.29) is 22.9 Å². The molecule has 4 rings (SSSR count). The standard InChI is InChI=1S/C25H23N3O6S/c1-15-8-9-16(12-21(15)28(31)32)24(30)26-19-7-5-4-6-18(19)25-27(23(29)14-35-25)20-11-10-17(33-2)13-22(20)34-3/h4-13,25H,14H2,1-3H3,(H,26,30). The second-order valence-corrected chi connectivity index (χ2v) is 8.83. The van der Waals surface area contributed by atoms with Crippen molar-refractivity contribution >= 4 is 40.6 Å². The molecular weight excluding hydrogens is 470 g/mol. The first-order valence-electron chi connectivity index (χ1n) is 10.6. The van der Waals surface area contributed by atoms with Crippen molar-refractivity contribution in [2.45, 2.75) is 12.3 Å². The van der Waals surface area contributed by atoms with E-state index in [1.807, 2.05) is 12.1 Å². The monoisotopic (exact) mass is 493 g/mol. The van der Waals surface area contributed by atoms with Gasteiger partial charge in [-0.3, -0.25) is 24.6 Å².